The molecule has 0 aliphatic rings. The lowest BCUT2D eigenvalue weighted by molar-refractivity contribution is 1.08. The molecule has 0 spiro atoms. The number of hydrogen-bond acceptors (Lipinski definition) is 5. The summed E-state index contributed by atoms with van der Waals surface area (Å²) in [6.45, 7) is 0. The van der Waals surface area contributed by atoms with E-state index < -0.39 is 0 Å². The van der Waals surface area contributed by atoms with Crippen molar-refractivity contribution >= 4 is 11.5 Å². The molecule has 0 radical (unpaired) electrons. The van der Waals surface area contributed by atoms with E-state index in [1.165, 1.54) is 0 Å². The van der Waals surface area contributed by atoms with Crippen LogP contribution >= 0.6 is 0 Å². The molecule has 0 unspecified atom stereocenters. The van der Waals surface area contributed by atoms with Crippen molar-refractivity contribution < 1.29 is 0 Å². The normalized spacial score (nSPS) is 11.5. The summed E-state index contributed by atoms with van der Waals surface area (Å²) in [6.07, 6.45) is 1.64. The molecule has 0 saturated heterocycles. The fraction of sp³-hybridized carbons (Fsp3) is 0.286. The number of hydrogen-bond donors (Lipinski definition) is 0. The van der Waals surface area contributed by atoms with Gasteiger partial charge in [-0.2, -0.15) is 15.3 Å². The first kappa shape index (κ1) is 8.45. The highest BCUT2D eigenvalue weighted by Gasteiger charge is 1.98. The van der Waals surface area contributed by atoms with Crippen LogP contribution in [0, 0.1) is 0 Å². The maximum Gasteiger partial charge on any atom is 0.201 e. The number of aromatic nitrogens is 1. The molecule has 1 aromatic heterocycles. The Morgan fingerprint density at radius 1 is 1.17 bits per heavy atom. The minimum Gasteiger partial charge on any atom is -0.234 e. The molecular formula is C7H9N5. The van der Waals surface area contributed by atoms with Crippen molar-refractivity contribution in [3.8, 4) is 0 Å². The van der Waals surface area contributed by atoms with Crippen LogP contribution in [-0.2, 0) is 0 Å². The first-order valence-corrected chi connectivity index (χ1v) is 3.43. The van der Waals surface area contributed by atoms with E-state index in [-0.39, 0.29) is 0 Å². The monoisotopic (exact) mass is 163 g/mol. The summed E-state index contributed by atoms with van der Waals surface area (Å²) < 4.78 is 0. The number of nitrogens with zero attached hydrogens (tertiary/aromatic N) is 5. The maximum absolute atomic E-state index is 3.97. The molecule has 0 amide bonds. The molecule has 5 heteroatoms. The average molecular weight is 163 g/mol. The summed E-state index contributed by atoms with van der Waals surface area (Å²) in [6, 6.07) is 3.56. The topological polar surface area (TPSA) is 62.3 Å². The van der Waals surface area contributed by atoms with Crippen molar-refractivity contribution in [1.29, 1.82) is 0 Å². The van der Waals surface area contributed by atoms with Crippen LogP contribution in [0.2, 0.25) is 0 Å². The van der Waals surface area contributed by atoms with Gasteiger partial charge in [-0.1, -0.05) is 0 Å². The van der Waals surface area contributed by atoms with Crippen LogP contribution in [-0.4, -0.2) is 19.1 Å². The lowest BCUT2D eigenvalue weighted by atomic mass is 10.4. The predicted octanol–water partition coefficient (Wildman–Crippen LogP) is 2.51. The number of pyridine rings is 1. The molecule has 0 bridgehead atoms. The van der Waals surface area contributed by atoms with Crippen molar-refractivity contribution in [1.82, 2.24) is 4.98 Å². The van der Waals surface area contributed by atoms with E-state index in [2.05, 4.69) is 25.4 Å². The van der Waals surface area contributed by atoms with Gasteiger partial charge in [0.15, 0.2) is 0 Å². The molecular weight excluding hydrogens is 154 g/mol. The molecule has 0 aromatic carbocycles. The summed E-state index contributed by atoms with van der Waals surface area (Å²) in [5.41, 5.74) is 0.630. The third kappa shape index (κ3) is 1.91. The van der Waals surface area contributed by atoms with Crippen LogP contribution in [0.5, 0.6) is 0 Å². The Kier molecular flexibility index (Phi) is 3.01. The van der Waals surface area contributed by atoms with Gasteiger partial charge in [-0.25, -0.2) is 4.98 Å². The Bertz CT molecular complexity index is 273. The molecule has 0 atom stereocenters. The average Bonchev–Trinajstić information content (AvgIpc) is 2.09. The third-order valence-electron chi connectivity index (χ3n) is 1.17. The maximum atomic E-state index is 3.97. The van der Waals surface area contributed by atoms with E-state index in [4.69, 9.17) is 0 Å². The second kappa shape index (κ2) is 4.27. The van der Waals surface area contributed by atoms with Gasteiger partial charge >= 0.3 is 0 Å². The lowest BCUT2D eigenvalue weighted by Crippen LogP contribution is -1.72. The van der Waals surface area contributed by atoms with E-state index >= 15 is 0 Å². The summed E-state index contributed by atoms with van der Waals surface area (Å²) in [4.78, 5) is 3.97. The fourth-order valence-corrected chi connectivity index (χ4v) is 0.746. The highest BCUT2D eigenvalue weighted by Crippen LogP contribution is 2.24. The molecule has 0 saturated carbocycles. The van der Waals surface area contributed by atoms with E-state index in [0.717, 1.165) is 0 Å². The molecule has 1 rings (SSSR count). The van der Waals surface area contributed by atoms with Gasteiger partial charge in [-0.05, 0) is 12.1 Å². The minimum atomic E-state index is 0.491. The van der Waals surface area contributed by atoms with Crippen LogP contribution < -0.4 is 0 Å². The lowest BCUT2D eigenvalue weighted by Gasteiger charge is -1.93. The smallest absolute Gasteiger partial charge is 0.201 e. The molecule has 1 aromatic rings. The zero-order valence-electron chi connectivity index (χ0n) is 6.97. The van der Waals surface area contributed by atoms with Crippen LogP contribution in [0.15, 0.2) is 38.8 Å². The SMILES string of the molecule is CN=Nc1cccnc1N=NC. The van der Waals surface area contributed by atoms with Crippen LogP contribution in [0.1, 0.15) is 0 Å². The third-order valence-corrected chi connectivity index (χ3v) is 1.17. The van der Waals surface area contributed by atoms with Gasteiger partial charge in [-0.3, -0.25) is 0 Å². The van der Waals surface area contributed by atoms with Gasteiger partial charge in [0.2, 0.25) is 5.82 Å². The van der Waals surface area contributed by atoms with Gasteiger partial charge in [0.05, 0.1) is 0 Å². The van der Waals surface area contributed by atoms with Gasteiger partial charge in [0.25, 0.3) is 0 Å². The minimum absolute atomic E-state index is 0.491. The Balaban J connectivity index is 3.08. The highest BCUT2D eigenvalue weighted by atomic mass is 15.2. The molecule has 0 aliphatic heterocycles. The highest BCUT2D eigenvalue weighted by molar-refractivity contribution is 5.54. The number of azo groups is 2. The Morgan fingerprint density at radius 2 is 1.92 bits per heavy atom. The van der Waals surface area contributed by atoms with Crippen LogP contribution in [0.3, 0.4) is 0 Å². The van der Waals surface area contributed by atoms with E-state index in [1.54, 1.807) is 32.4 Å². The second-order valence-electron chi connectivity index (χ2n) is 1.95. The summed E-state index contributed by atoms with van der Waals surface area (Å²) in [5.74, 6) is 0.491. The summed E-state index contributed by atoms with van der Waals surface area (Å²) in [5, 5.41) is 14.9. The van der Waals surface area contributed by atoms with E-state index in [1.807, 2.05) is 0 Å². The Labute approximate surface area is 70.3 Å². The fourth-order valence-electron chi connectivity index (χ4n) is 0.746. The Morgan fingerprint density at radius 3 is 2.58 bits per heavy atom. The van der Waals surface area contributed by atoms with Crippen LogP contribution in [0.4, 0.5) is 11.5 Å². The largest absolute Gasteiger partial charge is 0.234 e. The molecule has 62 valence electrons. The molecule has 0 fully saturated rings. The van der Waals surface area contributed by atoms with Gasteiger partial charge < -0.3 is 0 Å². The molecule has 0 aliphatic carbocycles. The summed E-state index contributed by atoms with van der Waals surface area (Å²) >= 11 is 0. The standard InChI is InChI=1S/C7H9N5/c1-8-11-6-4-3-5-10-7(6)12-9-2/h3-5H,1-2H3. The van der Waals surface area contributed by atoms with E-state index in [0.29, 0.717) is 11.5 Å². The second-order valence-corrected chi connectivity index (χ2v) is 1.95. The molecule has 12 heavy (non-hydrogen) atoms. The van der Waals surface area contributed by atoms with Gasteiger partial charge in [0.1, 0.15) is 5.69 Å². The van der Waals surface area contributed by atoms with Gasteiger partial charge in [-0.15, -0.1) is 5.11 Å². The van der Waals surface area contributed by atoms with Crippen molar-refractivity contribution in [2.45, 2.75) is 0 Å². The first-order chi connectivity index (χ1) is 5.88. The quantitative estimate of drug-likeness (QED) is 0.618. The van der Waals surface area contributed by atoms with Crippen LogP contribution in [0.25, 0.3) is 0 Å². The molecule has 5 nitrogen and oxygen atoms in total. The van der Waals surface area contributed by atoms with Crippen molar-refractivity contribution in [2.75, 3.05) is 14.1 Å². The Hall–Kier alpha value is -1.65. The molecule has 1 heterocycles. The summed E-state index contributed by atoms with van der Waals surface area (Å²) in [7, 11) is 3.18. The predicted molar refractivity (Wildman–Crippen MR) is 45.1 cm³/mol. The van der Waals surface area contributed by atoms with Crippen molar-refractivity contribution in [3.05, 3.63) is 18.3 Å². The zero-order chi connectivity index (χ0) is 8.81. The van der Waals surface area contributed by atoms with Gasteiger partial charge in [0, 0.05) is 20.3 Å². The molecule has 0 N–H and O–H groups in total. The van der Waals surface area contributed by atoms with Crippen molar-refractivity contribution in [2.24, 2.45) is 20.5 Å². The first-order valence-electron chi connectivity index (χ1n) is 3.43. The van der Waals surface area contributed by atoms with E-state index in [9.17, 15) is 0 Å². The number of rotatable bonds is 2. The zero-order valence-corrected chi connectivity index (χ0v) is 6.97. The van der Waals surface area contributed by atoms with Crippen molar-refractivity contribution in [3.63, 3.8) is 0 Å².